The first-order chi connectivity index (χ1) is 47.4. The number of nitrogen functional groups attached to an aromatic ring is 1. The van der Waals surface area contributed by atoms with Gasteiger partial charge in [-0.05, 0) is 168 Å². The molecule has 0 fully saturated rings. The largest absolute Gasteiger partial charge is 0.481 e. The van der Waals surface area contributed by atoms with Crippen LogP contribution >= 0.6 is 22.7 Å². The van der Waals surface area contributed by atoms with E-state index in [0.29, 0.717) is 56.5 Å². The van der Waals surface area contributed by atoms with Crippen LogP contribution in [0.4, 0.5) is 9.93 Å². The Bertz CT molecular complexity index is 2880. The Hall–Kier alpha value is -6.88. The second kappa shape index (κ2) is 60.1. The molecule has 1 amide bonds. The number of unbranched alkanes of at least 4 members (excludes halogenated alkanes) is 1. The number of ketones is 3. The van der Waals surface area contributed by atoms with Crippen molar-refractivity contribution in [1.82, 2.24) is 14.9 Å². The van der Waals surface area contributed by atoms with Gasteiger partial charge in [0.05, 0.1) is 31.5 Å². The molecule has 14 nitrogen and oxygen atoms in total. The van der Waals surface area contributed by atoms with Gasteiger partial charge in [0, 0.05) is 67.3 Å². The number of anilines is 1. The zero-order chi connectivity index (χ0) is 72.1. The first-order valence-corrected chi connectivity index (χ1v) is 38.1. The molecule has 2 aromatic rings. The Morgan fingerprint density at radius 3 is 1.36 bits per heavy atom. The number of fused-ring (bicyclic) bond motifs is 2. The molecule has 16 heteroatoms. The van der Waals surface area contributed by atoms with E-state index in [9.17, 15) is 28.8 Å². The number of carboxylic acids is 1. The van der Waals surface area contributed by atoms with Gasteiger partial charge in [0.1, 0.15) is 28.0 Å². The van der Waals surface area contributed by atoms with Gasteiger partial charge in [-0.15, -0.1) is 22.7 Å². The molecule has 0 saturated carbocycles. The number of thiazole rings is 2. The molecular weight excluding hydrogens is 1260 g/mol. The first-order valence-electron chi connectivity index (χ1n) is 36.4. The summed E-state index contributed by atoms with van der Waals surface area (Å²) in [5.74, 6) is 0.189. The lowest BCUT2D eigenvalue weighted by Gasteiger charge is -2.35. The highest BCUT2D eigenvalue weighted by atomic mass is 32.1. The maximum absolute atomic E-state index is 12.5. The summed E-state index contributed by atoms with van der Waals surface area (Å²) < 4.78 is 9.68. The van der Waals surface area contributed by atoms with Gasteiger partial charge in [0.15, 0.2) is 5.13 Å². The number of aliphatic carboxylic acids is 1. The third kappa shape index (κ3) is 50.5. The number of methoxy groups -OCH3 is 1. The van der Waals surface area contributed by atoms with E-state index in [4.69, 9.17) is 26.3 Å². The van der Waals surface area contributed by atoms with Crippen LogP contribution in [0.3, 0.4) is 0 Å². The summed E-state index contributed by atoms with van der Waals surface area (Å²) in [5.41, 5.74) is 12.5. The number of allylic oxidation sites excluding steroid dienone is 24. The monoisotopic (exact) mass is 1390 g/mol. The number of amides is 1. The lowest BCUT2D eigenvalue weighted by Crippen LogP contribution is -2.46. The molecule has 0 saturated heterocycles. The van der Waals surface area contributed by atoms with Crippen molar-refractivity contribution in [2.24, 2.45) is 11.7 Å². The lowest BCUT2D eigenvalue weighted by molar-refractivity contribution is -0.139. The van der Waals surface area contributed by atoms with Crippen LogP contribution in [0, 0.1) is 5.92 Å². The standard InChI is InChI=1S/C38H55NO2S.C26H38O3.C15H25N3O2S.C3H7NO2/c1-3-5-7-8-9-10-11-12-13-14-15-16-17-18-19-20-21-22-23-26-34(40)27-24-28-35(41)32-38-39-36-30-29-33(25-6-4-2)31-37(36)42-38;1-2-3-4-5-6-7-8-9-10-11-12-13-14-15-16-17-18-19-20-22-25(27)23-21-24-26(28)29;1-5-8-18(14(19)20-15(2,3)4)10-6-7-11-12(9-10)21-13(16)17-11;1-6-3(5)2-4/h5,7,9-10,12-13,15-16,18-19,21-22,33H,3-4,6,8,11,14,17,20,23-32H2,1-2H3;3-4,6-7,9-10,12-13,15-16,18-19H,2,5,8,11,14,17,20-24H2,1H3,(H,28,29);10H,5-9H2,1-4H3,(H2,16,17);2,4H2,1H3/b7-5-,10-9-,13-12-,16-15-,19-18-,22-21-;4-3-,7-6-,10-9-,13-12-,16-15-,19-18-;;/t33-;;10-;/m1.1./s1. The summed E-state index contributed by atoms with van der Waals surface area (Å²) in [4.78, 5) is 82.5. The molecule has 0 bridgehead atoms. The number of nitrogens with zero attached hydrogens (tertiary/aromatic N) is 3. The number of esters is 1. The molecule has 2 aliphatic carbocycles. The molecule has 0 unspecified atom stereocenters. The van der Waals surface area contributed by atoms with Crippen molar-refractivity contribution >= 4 is 63.2 Å². The predicted octanol–water partition coefficient (Wildman–Crippen LogP) is 20.4. The Morgan fingerprint density at radius 2 is 0.949 bits per heavy atom. The molecule has 4 rings (SSSR count). The minimum Gasteiger partial charge on any atom is -0.481 e. The maximum atomic E-state index is 12.5. The fraction of sp³-hybridized carbons (Fsp3) is 0.561. The third-order valence-electron chi connectivity index (χ3n) is 15.4. The highest BCUT2D eigenvalue weighted by molar-refractivity contribution is 7.15. The molecule has 5 N–H and O–H groups in total. The summed E-state index contributed by atoms with van der Waals surface area (Å²) in [6, 6.07) is 0.187. The van der Waals surface area contributed by atoms with E-state index >= 15 is 0 Å². The van der Waals surface area contributed by atoms with Crippen molar-refractivity contribution in [3.63, 3.8) is 0 Å². The smallest absolute Gasteiger partial charge is 0.410 e. The number of carboxylic acid groups (broad SMARTS) is 1. The van der Waals surface area contributed by atoms with Gasteiger partial charge < -0.3 is 30.9 Å². The number of hydrogen-bond acceptors (Lipinski definition) is 14. The van der Waals surface area contributed by atoms with E-state index < -0.39 is 11.6 Å². The highest BCUT2D eigenvalue weighted by Crippen LogP contribution is 2.34. The minimum absolute atomic E-state index is 0.0312. The molecule has 2 aromatic heterocycles. The molecule has 0 aliphatic heterocycles. The number of nitrogens with two attached hydrogens (primary N) is 2. The van der Waals surface area contributed by atoms with Gasteiger partial charge in [0.2, 0.25) is 0 Å². The molecule has 2 aliphatic rings. The second-order valence-corrected chi connectivity index (χ2v) is 27.6. The number of Topliss-reactive ketones (excluding diaryl/α,β-unsaturated/α-hetero) is 3. The van der Waals surface area contributed by atoms with Crippen LogP contribution in [0.5, 0.6) is 0 Å². The summed E-state index contributed by atoms with van der Waals surface area (Å²) in [7, 11) is 1.30. The number of ether oxygens (including phenoxy) is 2. The molecule has 544 valence electrons. The SMILES string of the molecule is CC/C=C\C/C=C\C/C=C\C/C=C\C/C=C\C/C=C\CCC(=O)CCCC(=O)Cc1nc2c(s1)C[C@H](CCCC)CC2.CC/C=C\C/C=C\C/C=C\C/C=C\C/C=C\C/C=C\CCC(=O)CCCC(=O)O.CCCN(C(=O)OC(C)(C)C)[C@@H]1CCc2nc(N)sc2C1.COC(=O)CN. The van der Waals surface area contributed by atoms with E-state index in [1.165, 1.54) is 48.2 Å². The normalized spacial score (nSPS) is 14.9. The van der Waals surface area contributed by atoms with Crippen molar-refractivity contribution in [2.75, 3.05) is 25.9 Å². The lowest BCUT2D eigenvalue weighted by atomic mass is 9.87. The predicted molar refractivity (Wildman–Crippen MR) is 413 cm³/mol. The third-order valence-corrected chi connectivity index (χ3v) is 17.5. The molecule has 98 heavy (non-hydrogen) atoms. The Kier molecular flexibility index (Phi) is 54.7. The second-order valence-electron chi connectivity index (χ2n) is 25.3. The number of carbonyl (C=O) groups excluding carboxylic acids is 5. The summed E-state index contributed by atoms with van der Waals surface area (Å²) >= 11 is 3.29. The van der Waals surface area contributed by atoms with Gasteiger partial charge in [0.25, 0.3) is 0 Å². The molecule has 2 heterocycles. The summed E-state index contributed by atoms with van der Waals surface area (Å²) in [6.07, 6.45) is 80.3. The van der Waals surface area contributed by atoms with Crippen LogP contribution in [-0.2, 0) is 65.6 Å². The number of rotatable bonds is 45. The fourth-order valence-corrected chi connectivity index (χ4v) is 12.4. The number of hydrogen-bond donors (Lipinski definition) is 3. The molecule has 0 radical (unpaired) electrons. The van der Waals surface area contributed by atoms with Crippen molar-refractivity contribution in [1.29, 1.82) is 0 Å². The average Bonchev–Trinajstić information content (AvgIpc) is 1.70. The van der Waals surface area contributed by atoms with Crippen LogP contribution < -0.4 is 11.5 Å². The van der Waals surface area contributed by atoms with Gasteiger partial charge in [-0.3, -0.25) is 24.0 Å². The molecule has 0 spiro atoms. The van der Waals surface area contributed by atoms with Crippen LogP contribution in [0.1, 0.15) is 254 Å². The van der Waals surface area contributed by atoms with Crippen LogP contribution in [0.15, 0.2) is 146 Å². The van der Waals surface area contributed by atoms with Crippen molar-refractivity contribution in [2.45, 2.75) is 272 Å². The number of aryl methyl sites for hydroxylation is 2. The Balaban J connectivity index is 0.000000742. The zero-order valence-corrected chi connectivity index (χ0v) is 62.9. The molecule has 0 aromatic carbocycles. The maximum Gasteiger partial charge on any atom is 0.410 e. The van der Waals surface area contributed by atoms with E-state index in [-0.39, 0.29) is 48.4 Å². The first kappa shape index (κ1) is 89.1. The van der Waals surface area contributed by atoms with Crippen molar-refractivity contribution in [3.05, 3.63) is 172 Å². The molecular formula is C82H125N5O9S2. The van der Waals surface area contributed by atoms with E-state index in [0.717, 1.165) is 152 Å². The molecule has 2 atom stereocenters. The summed E-state index contributed by atoms with van der Waals surface area (Å²) in [6.45, 7) is 15.0. The van der Waals surface area contributed by atoms with Crippen molar-refractivity contribution in [3.8, 4) is 0 Å². The summed E-state index contributed by atoms with van der Waals surface area (Å²) in [5, 5.41) is 10.1. The average molecular weight is 1390 g/mol. The van der Waals surface area contributed by atoms with Crippen LogP contribution in [0.2, 0.25) is 0 Å². The number of aromatic nitrogens is 2. The van der Waals surface area contributed by atoms with Crippen LogP contribution in [-0.4, -0.2) is 87.2 Å². The fourth-order valence-electron chi connectivity index (χ4n) is 10.2. The van der Waals surface area contributed by atoms with Gasteiger partial charge >= 0.3 is 18.0 Å². The topological polar surface area (TPSA) is 222 Å². The van der Waals surface area contributed by atoms with Gasteiger partial charge in [-0.25, -0.2) is 14.8 Å². The van der Waals surface area contributed by atoms with Crippen molar-refractivity contribution < 1.29 is 43.3 Å². The quantitative estimate of drug-likeness (QED) is 0.0415. The van der Waals surface area contributed by atoms with Gasteiger partial charge in [-0.2, -0.15) is 0 Å². The minimum atomic E-state index is -0.838. The Morgan fingerprint density at radius 1 is 0.531 bits per heavy atom. The zero-order valence-electron chi connectivity index (χ0n) is 61.3. The highest BCUT2D eigenvalue weighted by Gasteiger charge is 2.32. The Labute approximate surface area is 599 Å². The van der Waals surface area contributed by atoms with Crippen LogP contribution in [0.25, 0.3) is 0 Å². The number of carbonyl (C=O) groups is 6. The van der Waals surface area contributed by atoms with E-state index in [1.807, 2.05) is 31.7 Å². The van der Waals surface area contributed by atoms with Gasteiger partial charge in [-0.1, -0.05) is 193 Å². The van der Waals surface area contributed by atoms with E-state index in [2.05, 4.69) is 177 Å². The van der Waals surface area contributed by atoms with E-state index in [1.54, 1.807) is 22.7 Å².